The predicted octanol–water partition coefficient (Wildman–Crippen LogP) is 2.61. The molecule has 3 heterocycles. The van der Waals surface area contributed by atoms with E-state index in [1.807, 2.05) is 37.0 Å². The highest BCUT2D eigenvalue weighted by Crippen LogP contribution is 2.13. The van der Waals surface area contributed by atoms with E-state index in [4.69, 9.17) is 4.74 Å². The fourth-order valence-corrected chi connectivity index (χ4v) is 3.75. The van der Waals surface area contributed by atoms with Crippen LogP contribution in [0.1, 0.15) is 31.7 Å². The first kappa shape index (κ1) is 25.5. The molecule has 2 aromatic heterocycles. The third-order valence-corrected chi connectivity index (χ3v) is 5.38. The summed E-state index contributed by atoms with van der Waals surface area (Å²) in [5.74, 6) is 3.26. The van der Waals surface area contributed by atoms with E-state index in [2.05, 4.69) is 50.4 Å². The molecule has 1 saturated heterocycles. The maximum Gasteiger partial charge on any atom is 0.191 e. The third-order valence-electron chi connectivity index (χ3n) is 5.38. The summed E-state index contributed by atoms with van der Waals surface area (Å²) in [5, 5.41) is 6.91. The summed E-state index contributed by atoms with van der Waals surface area (Å²) in [5.41, 5.74) is 1.10. The van der Waals surface area contributed by atoms with Crippen LogP contribution < -0.4 is 10.6 Å². The van der Waals surface area contributed by atoms with Gasteiger partial charge in [-0.1, -0.05) is 19.9 Å². The summed E-state index contributed by atoms with van der Waals surface area (Å²) in [6.07, 6.45) is 6.75. The first-order valence-corrected chi connectivity index (χ1v) is 10.8. The molecule has 1 aliphatic heterocycles. The number of guanidine groups is 1. The van der Waals surface area contributed by atoms with E-state index in [1.54, 1.807) is 6.20 Å². The van der Waals surface area contributed by atoms with Crippen LogP contribution in [0.4, 0.5) is 0 Å². The number of aliphatic imine (C=N–C) groups is 1. The lowest BCUT2D eigenvalue weighted by Crippen LogP contribution is -2.50. The van der Waals surface area contributed by atoms with Gasteiger partial charge in [0.2, 0.25) is 0 Å². The number of hydrogen-bond donors (Lipinski definition) is 2. The molecule has 1 aliphatic rings. The Bertz CT molecular complexity index is 800. The zero-order chi connectivity index (χ0) is 21.3. The number of pyridine rings is 1. The number of ether oxygens (including phenoxy) is 1. The van der Waals surface area contributed by atoms with Crippen LogP contribution in [-0.4, -0.2) is 71.3 Å². The van der Waals surface area contributed by atoms with Crippen molar-refractivity contribution in [1.82, 2.24) is 30.1 Å². The maximum atomic E-state index is 5.52. The van der Waals surface area contributed by atoms with E-state index in [1.165, 1.54) is 0 Å². The molecule has 0 spiro atoms. The molecule has 0 bridgehead atoms. The standard InChI is InChI=1S/C22H35N7O.HI/c1-17(2)13-20(28-9-11-30-12-10-28)16-27-22(23-4)26-15-19-5-6-21(25-14-19)29-8-7-24-18(29)3;/h5-8,14,17,20H,9-13,15-16H2,1-4H3,(H2,23,26,27);1H. The molecule has 9 heteroatoms. The molecule has 2 N–H and O–H groups in total. The van der Waals surface area contributed by atoms with Crippen molar-refractivity contribution in [3.05, 3.63) is 42.1 Å². The monoisotopic (exact) mass is 541 g/mol. The number of hydrogen-bond acceptors (Lipinski definition) is 5. The average Bonchev–Trinajstić information content (AvgIpc) is 3.19. The van der Waals surface area contributed by atoms with E-state index in [0.29, 0.717) is 18.5 Å². The van der Waals surface area contributed by atoms with Crippen LogP contribution in [0.25, 0.3) is 5.82 Å². The van der Waals surface area contributed by atoms with Gasteiger partial charge >= 0.3 is 0 Å². The molecular formula is C22H36IN7O. The number of halogens is 1. The van der Waals surface area contributed by atoms with E-state index >= 15 is 0 Å². The Labute approximate surface area is 202 Å². The Morgan fingerprint density at radius 3 is 2.55 bits per heavy atom. The Kier molecular flexibility index (Phi) is 10.7. The molecule has 0 aliphatic carbocycles. The van der Waals surface area contributed by atoms with E-state index < -0.39 is 0 Å². The minimum atomic E-state index is 0. The molecule has 8 nitrogen and oxygen atoms in total. The Hall–Kier alpha value is -1.72. The van der Waals surface area contributed by atoms with Crippen molar-refractivity contribution in [2.75, 3.05) is 39.9 Å². The normalized spacial score (nSPS) is 16.1. The van der Waals surface area contributed by atoms with Crippen molar-refractivity contribution in [2.45, 2.75) is 39.8 Å². The SMILES string of the molecule is CN=C(NCc1ccc(-n2ccnc2C)nc1)NCC(CC(C)C)N1CCOCC1.I. The van der Waals surface area contributed by atoms with Gasteiger partial charge in [0.05, 0.1) is 13.2 Å². The first-order chi connectivity index (χ1) is 14.6. The number of rotatable bonds is 8. The smallest absolute Gasteiger partial charge is 0.191 e. The third kappa shape index (κ3) is 7.73. The molecule has 31 heavy (non-hydrogen) atoms. The molecule has 1 atom stereocenters. The fraction of sp³-hybridized carbons (Fsp3) is 0.591. The summed E-state index contributed by atoms with van der Waals surface area (Å²) in [6, 6.07) is 4.57. The maximum absolute atomic E-state index is 5.52. The number of morpholine rings is 1. The average molecular weight is 541 g/mol. The van der Waals surface area contributed by atoms with Crippen LogP contribution in [0, 0.1) is 12.8 Å². The molecule has 2 aromatic rings. The minimum Gasteiger partial charge on any atom is -0.379 e. The van der Waals surface area contributed by atoms with Gasteiger partial charge in [-0.15, -0.1) is 24.0 Å². The molecule has 0 amide bonds. The van der Waals surface area contributed by atoms with Gasteiger partial charge in [-0.05, 0) is 30.9 Å². The number of aromatic nitrogens is 3. The number of aryl methyl sites for hydroxylation is 1. The molecule has 172 valence electrons. The molecule has 0 radical (unpaired) electrons. The fourth-order valence-electron chi connectivity index (χ4n) is 3.75. The van der Waals surface area contributed by atoms with Crippen molar-refractivity contribution >= 4 is 29.9 Å². The zero-order valence-corrected chi connectivity index (χ0v) is 21.4. The lowest BCUT2D eigenvalue weighted by molar-refractivity contribution is 0.0132. The Balaban J connectivity index is 0.00000341. The van der Waals surface area contributed by atoms with Crippen molar-refractivity contribution in [2.24, 2.45) is 10.9 Å². The first-order valence-electron chi connectivity index (χ1n) is 10.8. The van der Waals surface area contributed by atoms with Crippen LogP contribution in [0.5, 0.6) is 0 Å². The second-order valence-corrected chi connectivity index (χ2v) is 8.11. The van der Waals surface area contributed by atoms with Gasteiger partial charge in [0, 0.05) is 57.9 Å². The number of nitrogens with zero attached hydrogens (tertiary/aromatic N) is 5. The lowest BCUT2D eigenvalue weighted by Gasteiger charge is -2.35. The summed E-state index contributed by atoms with van der Waals surface area (Å²) in [6.45, 7) is 11.7. The van der Waals surface area contributed by atoms with Crippen LogP contribution in [0.3, 0.4) is 0 Å². The van der Waals surface area contributed by atoms with Gasteiger partial charge < -0.3 is 15.4 Å². The summed E-state index contributed by atoms with van der Waals surface area (Å²) in [4.78, 5) is 15.7. The van der Waals surface area contributed by atoms with Crippen LogP contribution in [-0.2, 0) is 11.3 Å². The second kappa shape index (κ2) is 13.0. The van der Waals surface area contributed by atoms with E-state index in [0.717, 1.165) is 62.4 Å². The number of imidazole rings is 1. The molecule has 3 rings (SSSR count). The summed E-state index contributed by atoms with van der Waals surface area (Å²) in [7, 11) is 1.81. The highest BCUT2D eigenvalue weighted by Gasteiger charge is 2.22. The van der Waals surface area contributed by atoms with Crippen LogP contribution in [0.2, 0.25) is 0 Å². The quantitative estimate of drug-likeness (QED) is 0.304. The summed E-state index contributed by atoms with van der Waals surface area (Å²) >= 11 is 0. The van der Waals surface area contributed by atoms with Gasteiger partial charge in [-0.25, -0.2) is 9.97 Å². The van der Waals surface area contributed by atoms with Crippen molar-refractivity contribution < 1.29 is 4.74 Å². The molecule has 1 fully saturated rings. The molecular weight excluding hydrogens is 505 g/mol. The molecule has 0 aromatic carbocycles. The zero-order valence-electron chi connectivity index (χ0n) is 19.0. The van der Waals surface area contributed by atoms with E-state index in [9.17, 15) is 0 Å². The lowest BCUT2D eigenvalue weighted by atomic mass is 10.0. The van der Waals surface area contributed by atoms with Gasteiger partial charge in [-0.3, -0.25) is 14.5 Å². The number of nitrogens with one attached hydrogen (secondary N) is 2. The predicted molar refractivity (Wildman–Crippen MR) is 135 cm³/mol. The summed E-state index contributed by atoms with van der Waals surface area (Å²) < 4.78 is 7.49. The molecule has 1 unspecified atom stereocenters. The Morgan fingerprint density at radius 2 is 1.97 bits per heavy atom. The van der Waals surface area contributed by atoms with Gasteiger partial charge in [0.25, 0.3) is 0 Å². The van der Waals surface area contributed by atoms with Crippen LogP contribution >= 0.6 is 24.0 Å². The highest BCUT2D eigenvalue weighted by atomic mass is 127. The van der Waals surface area contributed by atoms with Gasteiger partial charge in [0.1, 0.15) is 11.6 Å². The topological polar surface area (TPSA) is 79.6 Å². The van der Waals surface area contributed by atoms with Gasteiger partial charge in [-0.2, -0.15) is 0 Å². The highest BCUT2D eigenvalue weighted by molar-refractivity contribution is 14.0. The van der Waals surface area contributed by atoms with Gasteiger partial charge in [0.15, 0.2) is 5.96 Å². The largest absolute Gasteiger partial charge is 0.379 e. The van der Waals surface area contributed by atoms with Crippen molar-refractivity contribution in [3.8, 4) is 5.82 Å². The minimum absolute atomic E-state index is 0. The van der Waals surface area contributed by atoms with E-state index in [-0.39, 0.29) is 24.0 Å². The molecule has 0 saturated carbocycles. The van der Waals surface area contributed by atoms with Crippen molar-refractivity contribution in [1.29, 1.82) is 0 Å². The Morgan fingerprint density at radius 1 is 1.19 bits per heavy atom. The van der Waals surface area contributed by atoms with Crippen molar-refractivity contribution in [3.63, 3.8) is 0 Å². The van der Waals surface area contributed by atoms with Crippen LogP contribution in [0.15, 0.2) is 35.7 Å². The second-order valence-electron chi connectivity index (χ2n) is 8.11.